The molecule has 154 valence electrons. The van der Waals surface area contributed by atoms with E-state index >= 15 is 0 Å². The molecule has 1 atom stereocenters. The van der Waals surface area contributed by atoms with Gasteiger partial charge in [0.2, 0.25) is 5.91 Å². The van der Waals surface area contributed by atoms with E-state index in [2.05, 4.69) is 21.9 Å². The lowest BCUT2D eigenvalue weighted by atomic mass is 9.89. The third-order valence-electron chi connectivity index (χ3n) is 6.72. The van der Waals surface area contributed by atoms with Crippen LogP contribution in [0.1, 0.15) is 43.6 Å². The van der Waals surface area contributed by atoms with Gasteiger partial charge in [-0.3, -0.25) is 9.69 Å². The van der Waals surface area contributed by atoms with Gasteiger partial charge >= 0.3 is 0 Å². The Morgan fingerprint density at radius 2 is 1.75 bits per heavy atom. The first-order chi connectivity index (χ1) is 13.7. The first-order valence-corrected chi connectivity index (χ1v) is 10.9. The molecule has 5 heteroatoms. The van der Waals surface area contributed by atoms with Crippen LogP contribution in [0.3, 0.4) is 0 Å². The van der Waals surface area contributed by atoms with Crippen molar-refractivity contribution in [3.8, 4) is 5.75 Å². The fraction of sp³-hybridized carbons (Fsp3) is 0.696. The molecule has 5 nitrogen and oxygen atoms in total. The average molecular weight is 387 g/mol. The number of piperidine rings is 1. The summed E-state index contributed by atoms with van der Waals surface area (Å²) in [5, 5.41) is 0. The van der Waals surface area contributed by atoms with E-state index in [1.54, 1.807) is 7.11 Å². The summed E-state index contributed by atoms with van der Waals surface area (Å²) in [6.07, 6.45) is 5.45. The van der Waals surface area contributed by atoms with Gasteiger partial charge in [0.25, 0.3) is 0 Å². The van der Waals surface area contributed by atoms with Crippen LogP contribution in [0.15, 0.2) is 24.3 Å². The SMILES string of the molecule is COc1ccc(C(CC(=O)N2CCC(CN3CCOCC3)CC2)C2CC2)cc1. The van der Waals surface area contributed by atoms with Crippen LogP contribution in [-0.2, 0) is 9.53 Å². The van der Waals surface area contributed by atoms with E-state index in [-0.39, 0.29) is 0 Å². The van der Waals surface area contributed by atoms with Crippen LogP contribution in [-0.4, -0.2) is 68.8 Å². The molecular weight excluding hydrogens is 352 g/mol. The highest BCUT2D eigenvalue weighted by Crippen LogP contribution is 2.45. The average Bonchev–Trinajstić information content (AvgIpc) is 3.58. The fourth-order valence-electron chi connectivity index (χ4n) is 4.74. The highest BCUT2D eigenvalue weighted by molar-refractivity contribution is 5.77. The lowest BCUT2D eigenvalue weighted by Crippen LogP contribution is -2.44. The number of methoxy groups -OCH3 is 1. The molecule has 4 rings (SSSR count). The number of amides is 1. The molecule has 0 N–H and O–H groups in total. The van der Waals surface area contributed by atoms with Crippen molar-refractivity contribution in [2.75, 3.05) is 53.0 Å². The topological polar surface area (TPSA) is 42.0 Å². The van der Waals surface area contributed by atoms with Gasteiger partial charge in [-0.05, 0) is 61.1 Å². The molecule has 0 spiro atoms. The van der Waals surface area contributed by atoms with Crippen LogP contribution in [0.4, 0.5) is 0 Å². The highest BCUT2D eigenvalue weighted by atomic mass is 16.5. The second-order valence-corrected chi connectivity index (χ2v) is 8.66. The van der Waals surface area contributed by atoms with Crippen molar-refractivity contribution in [2.24, 2.45) is 11.8 Å². The number of benzene rings is 1. The van der Waals surface area contributed by atoms with E-state index in [1.165, 1.54) is 24.9 Å². The van der Waals surface area contributed by atoms with Gasteiger partial charge in [0, 0.05) is 39.1 Å². The quantitative estimate of drug-likeness (QED) is 0.722. The summed E-state index contributed by atoms with van der Waals surface area (Å²) < 4.78 is 10.7. The minimum Gasteiger partial charge on any atom is -0.497 e. The van der Waals surface area contributed by atoms with E-state index in [0.29, 0.717) is 24.2 Å². The van der Waals surface area contributed by atoms with Gasteiger partial charge in [-0.1, -0.05) is 12.1 Å². The zero-order valence-electron chi connectivity index (χ0n) is 17.1. The van der Waals surface area contributed by atoms with Crippen LogP contribution in [0.2, 0.25) is 0 Å². The molecule has 1 aromatic rings. The van der Waals surface area contributed by atoms with Gasteiger partial charge in [0.05, 0.1) is 20.3 Å². The molecular formula is C23H34N2O3. The fourth-order valence-corrected chi connectivity index (χ4v) is 4.74. The molecule has 1 unspecified atom stereocenters. The van der Waals surface area contributed by atoms with Gasteiger partial charge in [0.1, 0.15) is 5.75 Å². The number of likely N-dealkylation sites (tertiary alicyclic amines) is 1. The minimum absolute atomic E-state index is 0.345. The predicted molar refractivity (Wildman–Crippen MR) is 110 cm³/mol. The van der Waals surface area contributed by atoms with E-state index < -0.39 is 0 Å². The zero-order valence-corrected chi connectivity index (χ0v) is 17.1. The largest absolute Gasteiger partial charge is 0.497 e. The van der Waals surface area contributed by atoms with Crippen molar-refractivity contribution in [2.45, 2.75) is 38.0 Å². The van der Waals surface area contributed by atoms with Crippen LogP contribution in [0.25, 0.3) is 0 Å². The Balaban J connectivity index is 1.28. The van der Waals surface area contributed by atoms with E-state index in [1.807, 2.05) is 12.1 Å². The van der Waals surface area contributed by atoms with Gasteiger partial charge in [-0.2, -0.15) is 0 Å². The Bertz CT molecular complexity index is 630. The van der Waals surface area contributed by atoms with E-state index in [0.717, 1.165) is 63.9 Å². The van der Waals surface area contributed by atoms with Crippen LogP contribution in [0, 0.1) is 11.8 Å². The predicted octanol–water partition coefficient (Wildman–Crippen LogP) is 3.15. The number of hydrogen-bond acceptors (Lipinski definition) is 4. The summed E-state index contributed by atoms with van der Waals surface area (Å²) >= 11 is 0. The van der Waals surface area contributed by atoms with Crippen molar-refractivity contribution in [1.29, 1.82) is 0 Å². The Morgan fingerprint density at radius 1 is 1.07 bits per heavy atom. The van der Waals surface area contributed by atoms with Gasteiger partial charge in [-0.25, -0.2) is 0 Å². The smallest absolute Gasteiger partial charge is 0.223 e. The van der Waals surface area contributed by atoms with Crippen molar-refractivity contribution >= 4 is 5.91 Å². The maximum atomic E-state index is 13.0. The summed E-state index contributed by atoms with van der Waals surface area (Å²) in [7, 11) is 1.69. The molecule has 2 aliphatic heterocycles. The summed E-state index contributed by atoms with van der Waals surface area (Å²) in [6.45, 7) is 6.87. The molecule has 1 aliphatic carbocycles. The normalized spacial score (nSPS) is 22.8. The van der Waals surface area contributed by atoms with Crippen LogP contribution in [0.5, 0.6) is 5.75 Å². The van der Waals surface area contributed by atoms with E-state index in [9.17, 15) is 4.79 Å². The third-order valence-corrected chi connectivity index (χ3v) is 6.72. The number of rotatable bonds is 7. The third kappa shape index (κ3) is 5.06. The second-order valence-electron chi connectivity index (χ2n) is 8.66. The maximum Gasteiger partial charge on any atom is 0.223 e. The number of hydrogen-bond donors (Lipinski definition) is 0. The van der Waals surface area contributed by atoms with Crippen molar-refractivity contribution in [3.05, 3.63) is 29.8 Å². The Hall–Kier alpha value is -1.59. The minimum atomic E-state index is 0.345. The summed E-state index contributed by atoms with van der Waals surface area (Å²) in [5.41, 5.74) is 1.29. The lowest BCUT2D eigenvalue weighted by Gasteiger charge is -2.36. The molecule has 3 fully saturated rings. The van der Waals surface area contributed by atoms with Gasteiger partial charge < -0.3 is 14.4 Å². The zero-order chi connectivity index (χ0) is 19.3. The molecule has 2 heterocycles. The molecule has 28 heavy (non-hydrogen) atoms. The molecule has 1 aromatic carbocycles. The lowest BCUT2D eigenvalue weighted by molar-refractivity contribution is -0.133. The van der Waals surface area contributed by atoms with Crippen LogP contribution < -0.4 is 4.74 Å². The van der Waals surface area contributed by atoms with Crippen LogP contribution >= 0.6 is 0 Å². The van der Waals surface area contributed by atoms with Crippen molar-refractivity contribution in [3.63, 3.8) is 0 Å². The number of carbonyl (C=O) groups is 1. The summed E-state index contributed by atoms with van der Waals surface area (Å²) in [5.74, 6) is 2.99. The maximum absolute atomic E-state index is 13.0. The van der Waals surface area contributed by atoms with Crippen molar-refractivity contribution in [1.82, 2.24) is 9.80 Å². The highest BCUT2D eigenvalue weighted by Gasteiger charge is 2.35. The number of ether oxygens (including phenoxy) is 2. The summed E-state index contributed by atoms with van der Waals surface area (Å²) in [4.78, 5) is 17.7. The Kier molecular flexibility index (Phi) is 6.53. The first kappa shape index (κ1) is 19.7. The number of carbonyl (C=O) groups excluding carboxylic acids is 1. The number of morpholine rings is 1. The number of nitrogens with zero attached hydrogens (tertiary/aromatic N) is 2. The van der Waals surface area contributed by atoms with Gasteiger partial charge in [0.15, 0.2) is 0 Å². The van der Waals surface area contributed by atoms with Gasteiger partial charge in [-0.15, -0.1) is 0 Å². The monoisotopic (exact) mass is 386 g/mol. The molecule has 0 bridgehead atoms. The molecule has 2 saturated heterocycles. The van der Waals surface area contributed by atoms with Crippen molar-refractivity contribution < 1.29 is 14.3 Å². The second kappa shape index (κ2) is 9.27. The Morgan fingerprint density at radius 3 is 2.36 bits per heavy atom. The molecule has 0 aromatic heterocycles. The summed E-state index contributed by atoms with van der Waals surface area (Å²) in [6, 6.07) is 8.33. The molecule has 1 saturated carbocycles. The standard InChI is InChI=1S/C23H34N2O3/c1-27-21-6-4-20(5-7-21)22(19-2-3-19)16-23(26)25-10-8-18(9-11-25)17-24-12-14-28-15-13-24/h4-7,18-19,22H,2-3,8-17H2,1H3. The Labute approximate surface area is 169 Å². The molecule has 1 amide bonds. The van der Waals surface area contributed by atoms with E-state index in [4.69, 9.17) is 9.47 Å². The molecule has 0 radical (unpaired) electrons. The molecule has 3 aliphatic rings. The first-order valence-electron chi connectivity index (χ1n) is 10.9.